The van der Waals surface area contributed by atoms with Crippen LogP contribution in [0.25, 0.3) is 10.9 Å². The lowest BCUT2D eigenvalue weighted by atomic mass is 10.00. The maximum absolute atomic E-state index is 13.5. The second-order valence-electron chi connectivity index (χ2n) is 8.33. The molecule has 5 nitrogen and oxygen atoms in total. The highest BCUT2D eigenvalue weighted by atomic mass is 79.9. The fraction of sp³-hybridized carbons (Fsp3) is 0.400. The summed E-state index contributed by atoms with van der Waals surface area (Å²) in [5.74, 6) is -0.322. The number of hydrogen-bond acceptors (Lipinski definition) is 5. The van der Waals surface area contributed by atoms with E-state index in [1.807, 2.05) is 17.6 Å². The SMILES string of the molecule is CCOC(=O)c1c(C(S)c2c(Cl)cccc2Cl)n(CC)c2cc(Br)c(O)c(CN3CCCC3)c12. The van der Waals surface area contributed by atoms with E-state index in [-0.39, 0.29) is 12.4 Å². The van der Waals surface area contributed by atoms with Crippen LogP contribution >= 0.6 is 51.8 Å². The Labute approximate surface area is 223 Å². The molecule has 1 fully saturated rings. The topological polar surface area (TPSA) is 54.7 Å². The van der Waals surface area contributed by atoms with Gasteiger partial charge in [0.05, 0.1) is 33.1 Å². The molecule has 3 aromatic rings. The first-order valence-corrected chi connectivity index (χ1v) is 13.4. The second-order valence-corrected chi connectivity index (χ2v) is 10.5. The number of aromatic nitrogens is 1. The number of esters is 1. The highest BCUT2D eigenvalue weighted by Gasteiger charge is 2.33. The van der Waals surface area contributed by atoms with E-state index < -0.39 is 11.2 Å². The van der Waals surface area contributed by atoms with E-state index in [4.69, 9.17) is 40.6 Å². The van der Waals surface area contributed by atoms with Gasteiger partial charge in [-0.2, -0.15) is 12.6 Å². The normalized spacial score (nSPS) is 15.2. The molecule has 2 aromatic carbocycles. The average molecular weight is 586 g/mol. The third kappa shape index (κ3) is 4.58. The number of carbonyl (C=O) groups is 1. The molecule has 182 valence electrons. The van der Waals surface area contributed by atoms with Gasteiger partial charge in [0, 0.05) is 39.6 Å². The lowest BCUT2D eigenvalue weighted by molar-refractivity contribution is 0.0527. The zero-order chi connectivity index (χ0) is 24.6. The molecule has 2 heterocycles. The number of nitrogens with zero attached hydrogens (tertiary/aromatic N) is 2. The molecule has 1 saturated heterocycles. The fourth-order valence-electron chi connectivity index (χ4n) is 4.82. The van der Waals surface area contributed by atoms with Crippen molar-refractivity contribution >= 4 is 68.6 Å². The van der Waals surface area contributed by atoms with Crippen molar-refractivity contribution in [1.82, 2.24) is 9.47 Å². The van der Waals surface area contributed by atoms with Crippen LogP contribution in [0.15, 0.2) is 28.7 Å². The van der Waals surface area contributed by atoms with Crippen molar-refractivity contribution in [2.45, 2.75) is 45.0 Å². The first kappa shape index (κ1) is 25.7. The van der Waals surface area contributed by atoms with Gasteiger partial charge in [-0.05, 0) is 73.9 Å². The zero-order valence-electron chi connectivity index (χ0n) is 19.1. The number of hydrogen-bond donors (Lipinski definition) is 2. The van der Waals surface area contributed by atoms with Crippen molar-refractivity contribution in [3.05, 3.63) is 61.2 Å². The van der Waals surface area contributed by atoms with Crippen molar-refractivity contribution < 1.29 is 14.6 Å². The maximum Gasteiger partial charge on any atom is 0.340 e. The number of halogens is 3. The van der Waals surface area contributed by atoms with E-state index in [0.717, 1.165) is 31.4 Å². The molecule has 0 amide bonds. The number of aromatic hydroxyl groups is 1. The van der Waals surface area contributed by atoms with Gasteiger partial charge in [0.1, 0.15) is 5.75 Å². The molecule has 1 N–H and O–H groups in total. The molecule has 1 aliphatic rings. The molecule has 0 aliphatic carbocycles. The number of phenolic OH excluding ortho intramolecular Hbond substituents is 1. The van der Waals surface area contributed by atoms with E-state index in [2.05, 4.69) is 20.8 Å². The summed E-state index contributed by atoms with van der Waals surface area (Å²) in [6.07, 6.45) is 2.24. The molecule has 4 rings (SSSR count). The van der Waals surface area contributed by atoms with Crippen LogP contribution in [0.1, 0.15) is 59.1 Å². The first-order chi connectivity index (χ1) is 16.3. The Hall–Kier alpha value is -1.38. The zero-order valence-corrected chi connectivity index (χ0v) is 23.1. The molecule has 34 heavy (non-hydrogen) atoms. The highest BCUT2D eigenvalue weighted by molar-refractivity contribution is 9.10. The van der Waals surface area contributed by atoms with Gasteiger partial charge in [-0.1, -0.05) is 29.3 Å². The van der Waals surface area contributed by atoms with Crippen LogP contribution < -0.4 is 0 Å². The van der Waals surface area contributed by atoms with Crippen LogP contribution in [0.4, 0.5) is 0 Å². The van der Waals surface area contributed by atoms with Gasteiger partial charge in [-0.3, -0.25) is 4.90 Å². The van der Waals surface area contributed by atoms with Gasteiger partial charge in [0.15, 0.2) is 0 Å². The van der Waals surface area contributed by atoms with Crippen LogP contribution in [0.2, 0.25) is 10.0 Å². The number of aryl methyl sites for hydroxylation is 1. The van der Waals surface area contributed by atoms with E-state index >= 15 is 0 Å². The standard InChI is InChI=1S/C25H27BrCl2N2O3S/c1-3-30-18-12-15(26)23(31)14(13-29-10-5-6-11-29)19(18)21(25(32)33-4-2)22(30)24(34)20-16(27)8-7-9-17(20)28/h7-9,12,24,31,34H,3-6,10-11,13H2,1-2H3. The predicted octanol–water partition coefficient (Wildman–Crippen LogP) is 7.23. The Morgan fingerprint density at radius 2 is 1.88 bits per heavy atom. The number of likely N-dealkylation sites (tertiary alicyclic amines) is 1. The molecule has 0 bridgehead atoms. The Kier molecular flexibility index (Phi) is 8.09. The summed E-state index contributed by atoms with van der Waals surface area (Å²) >= 11 is 21.6. The van der Waals surface area contributed by atoms with Crippen molar-refractivity contribution in [2.75, 3.05) is 19.7 Å². The minimum absolute atomic E-state index is 0.135. The number of phenols is 1. The summed E-state index contributed by atoms with van der Waals surface area (Å²) in [6.45, 7) is 7.02. The van der Waals surface area contributed by atoms with E-state index in [1.165, 1.54) is 0 Å². The fourth-order valence-corrected chi connectivity index (χ4v) is 6.59. The summed E-state index contributed by atoms with van der Waals surface area (Å²) in [6, 6.07) is 7.15. The quantitative estimate of drug-likeness (QED) is 0.227. The van der Waals surface area contributed by atoms with E-state index in [1.54, 1.807) is 25.1 Å². The van der Waals surface area contributed by atoms with E-state index in [0.29, 0.717) is 55.4 Å². The number of ether oxygens (including phenoxy) is 1. The lowest BCUT2D eigenvalue weighted by Crippen LogP contribution is -2.19. The largest absolute Gasteiger partial charge is 0.506 e. The third-order valence-corrected chi connectivity index (χ3v) is 8.10. The highest BCUT2D eigenvalue weighted by Crippen LogP contribution is 2.46. The monoisotopic (exact) mass is 584 g/mol. The summed E-state index contributed by atoms with van der Waals surface area (Å²) < 4.78 is 8.13. The molecule has 1 aromatic heterocycles. The van der Waals surface area contributed by atoms with Gasteiger partial charge in [-0.25, -0.2) is 4.79 Å². The van der Waals surface area contributed by atoms with Crippen LogP contribution in [0.3, 0.4) is 0 Å². The Bertz CT molecular complexity index is 1220. The molecule has 1 aliphatic heterocycles. The smallest absolute Gasteiger partial charge is 0.340 e. The van der Waals surface area contributed by atoms with Crippen molar-refractivity contribution in [1.29, 1.82) is 0 Å². The van der Waals surface area contributed by atoms with Crippen molar-refractivity contribution in [3.8, 4) is 5.75 Å². The molecule has 0 spiro atoms. The number of fused-ring (bicyclic) bond motifs is 1. The summed E-state index contributed by atoms with van der Waals surface area (Å²) in [5, 5.41) is 12.1. The van der Waals surface area contributed by atoms with Gasteiger partial charge >= 0.3 is 5.97 Å². The Morgan fingerprint density at radius 3 is 2.47 bits per heavy atom. The lowest BCUT2D eigenvalue weighted by Gasteiger charge is -2.19. The van der Waals surface area contributed by atoms with Crippen LogP contribution in [-0.2, 0) is 17.8 Å². The van der Waals surface area contributed by atoms with Crippen LogP contribution in [0, 0.1) is 0 Å². The van der Waals surface area contributed by atoms with Gasteiger partial charge in [0.25, 0.3) is 0 Å². The van der Waals surface area contributed by atoms with Crippen LogP contribution in [0.5, 0.6) is 5.75 Å². The predicted molar refractivity (Wildman–Crippen MR) is 145 cm³/mol. The summed E-state index contributed by atoms with van der Waals surface area (Å²) in [7, 11) is 0. The van der Waals surface area contributed by atoms with Gasteiger partial charge in [0.2, 0.25) is 0 Å². The molecule has 1 unspecified atom stereocenters. The Balaban J connectivity index is 2.07. The molecule has 0 saturated carbocycles. The molecule has 0 radical (unpaired) electrons. The van der Waals surface area contributed by atoms with Gasteiger partial charge in [-0.15, -0.1) is 0 Å². The molecule has 9 heteroatoms. The number of benzene rings is 2. The van der Waals surface area contributed by atoms with Crippen LogP contribution in [-0.4, -0.2) is 40.2 Å². The summed E-state index contributed by atoms with van der Waals surface area (Å²) in [4.78, 5) is 15.8. The molecular formula is C25H27BrCl2N2O3S. The van der Waals surface area contributed by atoms with E-state index in [9.17, 15) is 9.90 Å². The minimum atomic E-state index is -0.589. The second kappa shape index (κ2) is 10.7. The number of rotatable bonds is 7. The molecule has 1 atom stereocenters. The van der Waals surface area contributed by atoms with Crippen molar-refractivity contribution in [3.63, 3.8) is 0 Å². The Morgan fingerprint density at radius 1 is 1.24 bits per heavy atom. The average Bonchev–Trinajstić information content (AvgIpc) is 3.42. The minimum Gasteiger partial charge on any atom is -0.506 e. The molecular weight excluding hydrogens is 559 g/mol. The van der Waals surface area contributed by atoms with Crippen molar-refractivity contribution in [2.24, 2.45) is 0 Å². The number of thiol groups is 1. The third-order valence-electron chi connectivity index (χ3n) is 6.33. The first-order valence-electron chi connectivity index (χ1n) is 11.4. The summed E-state index contributed by atoms with van der Waals surface area (Å²) in [5.41, 5.74) is 3.19. The number of carbonyl (C=O) groups excluding carboxylic acids is 1. The van der Waals surface area contributed by atoms with Gasteiger partial charge < -0.3 is 14.4 Å². The maximum atomic E-state index is 13.5.